The molecule has 1 unspecified atom stereocenters. The summed E-state index contributed by atoms with van der Waals surface area (Å²) >= 11 is 0. The summed E-state index contributed by atoms with van der Waals surface area (Å²) in [7, 11) is 2.07. The lowest BCUT2D eigenvalue weighted by Gasteiger charge is -2.19. The third-order valence-electron chi connectivity index (χ3n) is 4.76. The first-order valence-corrected chi connectivity index (χ1v) is 8.73. The largest absolute Gasteiger partial charge is 0.449 e. The summed E-state index contributed by atoms with van der Waals surface area (Å²) in [5.41, 5.74) is 0.866. The van der Waals surface area contributed by atoms with E-state index < -0.39 is 17.7 Å². The SMILES string of the molecule is CN1CCCC1CCOC(=O)Nc1ccccc1-c1cccc(F)c1F. The van der Waals surface area contributed by atoms with Gasteiger partial charge >= 0.3 is 6.09 Å². The van der Waals surface area contributed by atoms with Crippen molar-refractivity contribution in [2.45, 2.75) is 25.3 Å². The summed E-state index contributed by atoms with van der Waals surface area (Å²) in [5.74, 6) is -1.88. The summed E-state index contributed by atoms with van der Waals surface area (Å²) in [5, 5.41) is 2.63. The number of anilines is 1. The number of amides is 1. The summed E-state index contributed by atoms with van der Waals surface area (Å²) in [4.78, 5) is 14.4. The lowest BCUT2D eigenvalue weighted by atomic mass is 10.0. The third kappa shape index (κ3) is 4.19. The molecule has 3 rings (SSSR count). The standard InChI is InChI=1S/C20H22F2N2O2/c1-24-12-5-6-14(24)11-13-26-20(25)23-18-10-3-2-7-15(18)16-8-4-9-17(21)19(16)22/h2-4,7-10,14H,5-6,11-13H2,1H3,(H,23,25). The molecular weight excluding hydrogens is 338 g/mol. The van der Waals surface area contributed by atoms with Gasteiger partial charge in [-0.1, -0.05) is 30.3 Å². The number of nitrogens with one attached hydrogen (secondary N) is 1. The second kappa shape index (κ2) is 8.27. The first-order chi connectivity index (χ1) is 12.6. The molecule has 6 heteroatoms. The third-order valence-corrected chi connectivity index (χ3v) is 4.76. The van der Waals surface area contributed by atoms with Crippen molar-refractivity contribution in [3.8, 4) is 11.1 Å². The molecule has 2 aromatic carbocycles. The van der Waals surface area contributed by atoms with Gasteiger partial charge < -0.3 is 9.64 Å². The first kappa shape index (κ1) is 18.3. The molecule has 0 bridgehead atoms. The number of hydrogen-bond acceptors (Lipinski definition) is 3. The lowest BCUT2D eigenvalue weighted by Crippen LogP contribution is -2.27. The lowest BCUT2D eigenvalue weighted by molar-refractivity contribution is 0.147. The second-order valence-corrected chi connectivity index (χ2v) is 6.47. The van der Waals surface area contributed by atoms with Crippen LogP contribution < -0.4 is 5.32 Å². The van der Waals surface area contributed by atoms with E-state index >= 15 is 0 Å². The van der Waals surface area contributed by atoms with Crippen LogP contribution in [0.2, 0.25) is 0 Å². The van der Waals surface area contributed by atoms with Crippen molar-refractivity contribution >= 4 is 11.8 Å². The maximum Gasteiger partial charge on any atom is 0.411 e. The number of halogens is 2. The van der Waals surface area contributed by atoms with Crippen molar-refractivity contribution in [1.82, 2.24) is 4.90 Å². The average molecular weight is 360 g/mol. The number of likely N-dealkylation sites (tertiary alicyclic amines) is 1. The molecule has 0 saturated carbocycles. The Kier molecular flexibility index (Phi) is 5.83. The van der Waals surface area contributed by atoms with Crippen LogP contribution in [-0.2, 0) is 4.74 Å². The molecule has 26 heavy (non-hydrogen) atoms. The number of benzene rings is 2. The van der Waals surface area contributed by atoms with Crippen LogP contribution in [0.1, 0.15) is 19.3 Å². The number of rotatable bonds is 5. The van der Waals surface area contributed by atoms with E-state index in [1.165, 1.54) is 18.6 Å². The number of carbonyl (C=O) groups is 1. The van der Waals surface area contributed by atoms with Gasteiger partial charge in [-0.05, 0) is 45.0 Å². The molecule has 0 radical (unpaired) electrons. The second-order valence-electron chi connectivity index (χ2n) is 6.47. The van der Waals surface area contributed by atoms with Gasteiger partial charge in [0.2, 0.25) is 0 Å². The fourth-order valence-electron chi connectivity index (χ4n) is 3.32. The van der Waals surface area contributed by atoms with Crippen LogP contribution in [0.4, 0.5) is 19.3 Å². The van der Waals surface area contributed by atoms with E-state index in [9.17, 15) is 13.6 Å². The highest BCUT2D eigenvalue weighted by Gasteiger charge is 2.21. The highest BCUT2D eigenvalue weighted by atomic mass is 19.2. The fraction of sp³-hybridized carbons (Fsp3) is 0.350. The minimum absolute atomic E-state index is 0.0912. The Balaban J connectivity index is 1.64. The fourth-order valence-corrected chi connectivity index (χ4v) is 3.32. The van der Waals surface area contributed by atoms with Crippen LogP contribution in [0.5, 0.6) is 0 Å². The van der Waals surface area contributed by atoms with Gasteiger partial charge in [0.15, 0.2) is 11.6 Å². The zero-order chi connectivity index (χ0) is 18.5. The summed E-state index contributed by atoms with van der Waals surface area (Å²) in [6.45, 7) is 1.39. The summed E-state index contributed by atoms with van der Waals surface area (Å²) in [6.07, 6.45) is 2.46. The van der Waals surface area contributed by atoms with Crippen molar-refractivity contribution in [1.29, 1.82) is 0 Å². The topological polar surface area (TPSA) is 41.6 Å². The van der Waals surface area contributed by atoms with Gasteiger partial charge in [0, 0.05) is 17.2 Å². The zero-order valence-electron chi connectivity index (χ0n) is 14.7. The minimum Gasteiger partial charge on any atom is -0.449 e. The van der Waals surface area contributed by atoms with Gasteiger partial charge in [-0.15, -0.1) is 0 Å². The zero-order valence-corrected chi connectivity index (χ0v) is 14.7. The monoisotopic (exact) mass is 360 g/mol. The smallest absolute Gasteiger partial charge is 0.411 e. The van der Waals surface area contributed by atoms with Crippen LogP contribution in [0.15, 0.2) is 42.5 Å². The highest BCUT2D eigenvalue weighted by Crippen LogP contribution is 2.31. The number of para-hydroxylation sites is 1. The number of nitrogens with zero attached hydrogens (tertiary/aromatic N) is 1. The van der Waals surface area contributed by atoms with Gasteiger partial charge in [-0.2, -0.15) is 0 Å². The van der Waals surface area contributed by atoms with Gasteiger partial charge in [0.25, 0.3) is 0 Å². The maximum absolute atomic E-state index is 14.1. The van der Waals surface area contributed by atoms with Gasteiger partial charge in [0.05, 0.1) is 12.3 Å². The molecule has 1 amide bonds. The quantitative estimate of drug-likeness (QED) is 0.843. The normalized spacial score (nSPS) is 17.3. The molecule has 138 valence electrons. The molecular formula is C20H22F2N2O2. The van der Waals surface area contributed by atoms with Crippen molar-refractivity contribution in [3.63, 3.8) is 0 Å². The van der Waals surface area contributed by atoms with E-state index in [2.05, 4.69) is 17.3 Å². The van der Waals surface area contributed by atoms with Crippen LogP contribution >= 0.6 is 0 Å². The number of hydrogen-bond donors (Lipinski definition) is 1. The Bertz CT molecular complexity index is 782. The minimum atomic E-state index is -0.945. The van der Waals surface area contributed by atoms with Gasteiger partial charge in [-0.25, -0.2) is 13.6 Å². The molecule has 2 aromatic rings. The maximum atomic E-state index is 14.1. The molecule has 1 fully saturated rings. The highest BCUT2D eigenvalue weighted by molar-refractivity contribution is 5.91. The van der Waals surface area contributed by atoms with Crippen LogP contribution in [0.25, 0.3) is 11.1 Å². The van der Waals surface area contributed by atoms with E-state index in [0.717, 1.165) is 25.5 Å². The van der Waals surface area contributed by atoms with Gasteiger partial charge in [0.1, 0.15) is 0 Å². The molecule has 4 nitrogen and oxygen atoms in total. The van der Waals surface area contributed by atoms with Crippen molar-refractivity contribution in [2.24, 2.45) is 0 Å². The van der Waals surface area contributed by atoms with E-state index in [1.54, 1.807) is 24.3 Å². The molecule has 1 atom stereocenters. The molecule has 1 aliphatic rings. The van der Waals surface area contributed by atoms with Crippen molar-refractivity contribution < 1.29 is 18.3 Å². The van der Waals surface area contributed by atoms with Crippen LogP contribution in [0, 0.1) is 11.6 Å². The molecule has 1 N–H and O–H groups in total. The molecule has 1 heterocycles. The molecule has 0 aliphatic carbocycles. The van der Waals surface area contributed by atoms with E-state index in [0.29, 0.717) is 23.9 Å². The Morgan fingerprint density at radius 2 is 1.96 bits per heavy atom. The molecule has 1 aliphatic heterocycles. The Labute approximate surface area is 151 Å². The molecule has 0 aromatic heterocycles. The van der Waals surface area contributed by atoms with Crippen molar-refractivity contribution in [3.05, 3.63) is 54.1 Å². The number of ether oxygens (including phenoxy) is 1. The van der Waals surface area contributed by atoms with Crippen LogP contribution in [0.3, 0.4) is 0 Å². The summed E-state index contributed by atoms with van der Waals surface area (Å²) < 4.78 is 32.9. The Morgan fingerprint density at radius 1 is 1.19 bits per heavy atom. The van der Waals surface area contributed by atoms with E-state index in [-0.39, 0.29) is 5.56 Å². The Morgan fingerprint density at radius 3 is 2.73 bits per heavy atom. The summed E-state index contributed by atoms with van der Waals surface area (Å²) in [6, 6.07) is 11.1. The van der Waals surface area contributed by atoms with Gasteiger partial charge in [-0.3, -0.25) is 5.32 Å². The predicted octanol–water partition coefficient (Wildman–Crippen LogP) is 4.66. The molecule has 0 spiro atoms. The average Bonchev–Trinajstić information content (AvgIpc) is 3.03. The predicted molar refractivity (Wildman–Crippen MR) is 97.0 cm³/mol. The van der Waals surface area contributed by atoms with E-state index in [1.807, 2.05) is 0 Å². The first-order valence-electron chi connectivity index (χ1n) is 8.73. The Hall–Kier alpha value is -2.47. The van der Waals surface area contributed by atoms with Crippen LogP contribution in [-0.4, -0.2) is 37.2 Å². The van der Waals surface area contributed by atoms with Crippen molar-refractivity contribution in [2.75, 3.05) is 25.5 Å². The van der Waals surface area contributed by atoms with E-state index in [4.69, 9.17) is 4.74 Å². The molecule has 1 saturated heterocycles. The number of carbonyl (C=O) groups excluding carboxylic acids is 1.